The molecule has 0 radical (unpaired) electrons. The number of carbonyl (C=O) groups is 3. The molecular weight excluding hydrogens is 790 g/mol. The normalized spacial score (nSPS) is 34.7. The molecule has 0 spiro atoms. The van der Waals surface area contributed by atoms with Crippen LogP contribution in [0.5, 0.6) is 0 Å². The first-order chi connectivity index (χ1) is 28.8. The lowest BCUT2D eigenvalue weighted by Gasteiger charge is -2.50. The fourth-order valence-corrected chi connectivity index (χ4v) is 7.84. The topological polar surface area (TPSA) is 284 Å². The second-order valence-electron chi connectivity index (χ2n) is 16.0. The van der Waals surface area contributed by atoms with E-state index >= 15 is 0 Å². The Labute approximate surface area is 353 Å². The zero-order valence-corrected chi connectivity index (χ0v) is 35.6. The number of allylic oxidation sites excluding steroid dienone is 2. The molecule has 15 atom stereocenters. The minimum absolute atomic E-state index is 0.107. The first-order valence-electron chi connectivity index (χ1n) is 21.6. The molecule has 3 saturated heterocycles. The lowest BCUT2D eigenvalue weighted by atomic mass is 9.93. The van der Waals surface area contributed by atoms with Gasteiger partial charge in [0.25, 0.3) is 0 Å². The van der Waals surface area contributed by atoms with E-state index in [9.17, 15) is 50.1 Å². The molecule has 6 unspecified atom stereocenters. The van der Waals surface area contributed by atoms with Crippen LogP contribution in [-0.4, -0.2) is 172 Å². The van der Waals surface area contributed by atoms with E-state index in [1.165, 1.54) is 39.7 Å². The maximum absolute atomic E-state index is 13.1. The van der Waals surface area contributed by atoms with Crippen molar-refractivity contribution in [1.82, 2.24) is 16.0 Å². The summed E-state index contributed by atoms with van der Waals surface area (Å²) in [6.07, 6.45) is 0.707. The summed E-state index contributed by atoms with van der Waals surface area (Å²) in [6.45, 7) is 2.33. The van der Waals surface area contributed by atoms with Crippen molar-refractivity contribution in [2.75, 3.05) is 26.9 Å². The molecule has 3 aliphatic rings. The summed E-state index contributed by atoms with van der Waals surface area (Å²) in [7, 11) is 1.27. The maximum Gasteiger partial charge on any atom is 0.220 e. The summed E-state index contributed by atoms with van der Waals surface area (Å²) in [5.41, 5.74) is 0. The van der Waals surface area contributed by atoms with Crippen molar-refractivity contribution >= 4 is 17.7 Å². The number of carbonyl (C=O) groups excluding carboxylic acids is 3. The van der Waals surface area contributed by atoms with Gasteiger partial charge in [0.05, 0.1) is 19.8 Å². The van der Waals surface area contributed by atoms with Gasteiger partial charge in [0.2, 0.25) is 17.7 Å². The fraction of sp³-hybridized carbons (Fsp3) is 0.878. The molecule has 60 heavy (non-hydrogen) atoms. The second kappa shape index (κ2) is 27.6. The van der Waals surface area contributed by atoms with Crippen molar-refractivity contribution in [1.29, 1.82) is 0 Å². The highest BCUT2D eigenvalue weighted by atomic mass is 16.7. The van der Waals surface area contributed by atoms with Crippen LogP contribution in [-0.2, 0) is 42.8 Å². The highest BCUT2D eigenvalue weighted by Crippen LogP contribution is 2.33. The molecule has 0 aliphatic carbocycles. The van der Waals surface area contributed by atoms with Gasteiger partial charge in [-0.25, -0.2) is 0 Å². The number of ether oxygens (including phenoxy) is 6. The lowest BCUT2D eigenvalue weighted by Crippen LogP contribution is -2.71. The van der Waals surface area contributed by atoms with E-state index in [0.717, 1.165) is 58.3 Å². The zero-order valence-electron chi connectivity index (χ0n) is 35.6. The number of hydrogen-bond donors (Lipinski definition) is 10. The Hall–Kier alpha value is -2.37. The summed E-state index contributed by atoms with van der Waals surface area (Å²) in [5.74, 6) is -1.65. The number of unbranched alkanes of at least 4 members (excludes halogenated alkanes) is 11. The van der Waals surface area contributed by atoms with Crippen molar-refractivity contribution < 1.29 is 78.6 Å². The van der Waals surface area contributed by atoms with Crippen LogP contribution in [0.15, 0.2) is 12.2 Å². The number of amides is 3. The van der Waals surface area contributed by atoms with E-state index in [-0.39, 0.29) is 6.42 Å². The minimum Gasteiger partial charge on any atom is -0.394 e. The van der Waals surface area contributed by atoms with Gasteiger partial charge in [-0.3, -0.25) is 14.4 Å². The summed E-state index contributed by atoms with van der Waals surface area (Å²) < 4.78 is 34.9. The van der Waals surface area contributed by atoms with Crippen molar-refractivity contribution in [3.05, 3.63) is 12.2 Å². The largest absolute Gasteiger partial charge is 0.394 e. The highest BCUT2D eigenvalue weighted by molar-refractivity contribution is 5.76. The molecule has 19 nitrogen and oxygen atoms in total. The molecule has 0 saturated carbocycles. The monoisotopic (exact) mass is 863 g/mol. The van der Waals surface area contributed by atoms with Gasteiger partial charge >= 0.3 is 0 Å². The average molecular weight is 864 g/mol. The molecule has 0 bridgehead atoms. The van der Waals surface area contributed by atoms with Gasteiger partial charge in [-0.15, -0.1) is 0 Å². The predicted molar refractivity (Wildman–Crippen MR) is 215 cm³/mol. The van der Waals surface area contributed by atoms with Gasteiger partial charge in [-0.05, 0) is 32.1 Å². The quantitative estimate of drug-likeness (QED) is 0.0389. The first kappa shape index (κ1) is 52.0. The van der Waals surface area contributed by atoms with Crippen molar-refractivity contribution in [2.24, 2.45) is 0 Å². The Kier molecular flexibility index (Phi) is 23.9. The predicted octanol–water partition coefficient (Wildman–Crippen LogP) is -0.470. The van der Waals surface area contributed by atoms with E-state index in [4.69, 9.17) is 28.4 Å². The summed E-state index contributed by atoms with van der Waals surface area (Å²) >= 11 is 0. The van der Waals surface area contributed by atoms with E-state index < -0.39 is 129 Å². The van der Waals surface area contributed by atoms with Crippen LogP contribution in [0.4, 0.5) is 0 Å². The van der Waals surface area contributed by atoms with Gasteiger partial charge in [0.1, 0.15) is 73.1 Å². The number of hydrogen-bond acceptors (Lipinski definition) is 16. The molecule has 3 fully saturated rings. The number of aliphatic hydroxyl groups excluding tert-OH is 7. The van der Waals surface area contributed by atoms with Crippen LogP contribution in [0.3, 0.4) is 0 Å². The smallest absolute Gasteiger partial charge is 0.220 e. The Morgan fingerprint density at radius 2 is 0.967 bits per heavy atom. The molecule has 0 aromatic heterocycles. The van der Waals surface area contributed by atoms with Crippen LogP contribution in [0.2, 0.25) is 0 Å². The third-order valence-corrected chi connectivity index (χ3v) is 11.1. The Morgan fingerprint density at radius 3 is 1.43 bits per heavy atom. The summed E-state index contributed by atoms with van der Waals surface area (Å²) in [5, 5.41) is 83.0. The van der Waals surface area contributed by atoms with Crippen molar-refractivity contribution in [3.8, 4) is 0 Å². The molecule has 19 heteroatoms. The van der Waals surface area contributed by atoms with E-state index in [2.05, 4.69) is 35.0 Å². The molecule has 0 aromatic carbocycles. The average Bonchev–Trinajstić information content (AvgIpc) is 3.22. The molecule has 3 amide bonds. The van der Waals surface area contributed by atoms with Crippen LogP contribution in [0.25, 0.3) is 0 Å². The SMILES string of the molecule is CCCCCC/C=C\CCCCCCCCCC(=O)N[C@H]1C(O)[C@H](O)C(CO)O[C@H]1O[C@@H]1C(CO)O[C@@H](O[C@@H]2C(CO)O[C@@H](OC)[C@@H](NC(C)=O)C2O)[C@@H](NC(C)=O)C1O. The number of methoxy groups -OCH3 is 1. The van der Waals surface area contributed by atoms with Crippen LogP contribution in [0, 0.1) is 0 Å². The zero-order chi connectivity index (χ0) is 44.2. The molecule has 10 N–H and O–H groups in total. The van der Waals surface area contributed by atoms with Gasteiger partial charge < -0.3 is 80.1 Å². The van der Waals surface area contributed by atoms with E-state index in [1.807, 2.05) is 0 Å². The Balaban J connectivity index is 1.63. The first-order valence-corrected chi connectivity index (χ1v) is 21.6. The number of nitrogens with one attached hydrogen (secondary N) is 3. The van der Waals surface area contributed by atoms with Gasteiger partial charge in [0, 0.05) is 27.4 Å². The fourth-order valence-electron chi connectivity index (χ4n) is 7.84. The summed E-state index contributed by atoms with van der Waals surface area (Å²) in [4.78, 5) is 37.5. The molecule has 0 aromatic rings. The van der Waals surface area contributed by atoms with E-state index in [0.29, 0.717) is 6.42 Å². The minimum atomic E-state index is -1.76. The van der Waals surface area contributed by atoms with Crippen LogP contribution in [0.1, 0.15) is 111 Å². The van der Waals surface area contributed by atoms with Crippen LogP contribution < -0.4 is 16.0 Å². The molecule has 3 heterocycles. The third kappa shape index (κ3) is 15.8. The number of rotatable bonds is 26. The van der Waals surface area contributed by atoms with Crippen LogP contribution >= 0.6 is 0 Å². The number of aliphatic hydroxyl groups is 7. The lowest BCUT2D eigenvalue weighted by molar-refractivity contribution is -0.352. The maximum atomic E-state index is 13.1. The van der Waals surface area contributed by atoms with E-state index in [1.54, 1.807) is 0 Å². The molecule has 3 rings (SSSR count). The standard InChI is InChI=1S/C41H73N3O16/c1-5-6-7-8-9-10-11-12-13-14-15-16-17-18-19-20-29(50)44-30-34(52)33(51)26(21-45)56-40(30)59-38-28(23-47)58-41(32(36(38)54)43-25(3)49)60-37-27(22-46)57-39(55-4)31(35(37)53)42-24(2)48/h10-11,26-28,30-41,45-47,51-54H,5-9,12-23H2,1-4H3,(H,42,48)(H,43,49)(H,44,50)/b11-10-/t26?,27?,28?,30-,31-,32-,33+,34?,35?,36?,37+,38+,39+,40-,41-/m0/s1. The molecular formula is C41H73N3O16. The van der Waals surface area contributed by atoms with Crippen molar-refractivity contribution in [2.45, 2.75) is 203 Å². The highest BCUT2D eigenvalue weighted by Gasteiger charge is 2.54. The molecule has 3 aliphatic heterocycles. The summed E-state index contributed by atoms with van der Waals surface area (Å²) in [6, 6.07) is -4.05. The molecule has 348 valence electrons. The van der Waals surface area contributed by atoms with Gasteiger partial charge in [-0.2, -0.15) is 0 Å². The third-order valence-electron chi connectivity index (χ3n) is 11.1. The Morgan fingerprint density at radius 1 is 0.550 bits per heavy atom. The Bertz CT molecular complexity index is 1280. The second-order valence-corrected chi connectivity index (χ2v) is 16.0. The van der Waals surface area contributed by atoms with Gasteiger partial charge in [0.15, 0.2) is 18.9 Å². The van der Waals surface area contributed by atoms with Gasteiger partial charge in [-0.1, -0.05) is 70.4 Å². The van der Waals surface area contributed by atoms with Crippen molar-refractivity contribution in [3.63, 3.8) is 0 Å².